The van der Waals surface area contributed by atoms with E-state index in [0.29, 0.717) is 29.2 Å². The van der Waals surface area contributed by atoms with Crippen LogP contribution < -0.4 is 20.6 Å². The van der Waals surface area contributed by atoms with Gasteiger partial charge in [-0.15, -0.1) is 13.2 Å². The Morgan fingerprint density at radius 3 is 2.17 bits per heavy atom. The zero-order chi connectivity index (χ0) is 25.2. The molecular weight excluding hydrogens is 467 g/mol. The smallest absolute Gasteiger partial charge is 0.457 e. The number of hydrogen-bond acceptors (Lipinski definition) is 7. The van der Waals surface area contributed by atoms with Crippen LogP contribution >= 0.6 is 0 Å². The highest BCUT2D eigenvalue weighted by Crippen LogP contribution is 2.31. The van der Waals surface area contributed by atoms with Gasteiger partial charge in [0.2, 0.25) is 5.43 Å². The number of alkyl halides is 3. The summed E-state index contributed by atoms with van der Waals surface area (Å²) in [5.41, 5.74) is 5.91. The Kier molecular flexibility index (Phi) is 6.70. The lowest BCUT2D eigenvalue weighted by Gasteiger charge is -2.24. The topological polar surface area (TPSA) is 115 Å². The van der Waals surface area contributed by atoms with Gasteiger partial charge in [-0.05, 0) is 54.8 Å². The maximum absolute atomic E-state index is 12.9. The van der Waals surface area contributed by atoms with E-state index in [4.69, 9.17) is 14.9 Å². The molecule has 0 aliphatic rings. The molecular formula is C25H22F3NO6. The van der Waals surface area contributed by atoms with Crippen LogP contribution in [0.15, 0.2) is 69.9 Å². The molecule has 1 heterocycles. The molecule has 0 fully saturated rings. The average molecular weight is 489 g/mol. The molecule has 10 heteroatoms. The summed E-state index contributed by atoms with van der Waals surface area (Å²) in [5, 5.41) is 19.4. The Morgan fingerprint density at radius 1 is 0.857 bits per heavy atom. The highest BCUT2D eigenvalue weighted by atomic mass is 19.4. The van der Waals surface area contributed by atoms with Gasteiger partial charge in [0, 0.05) is 12.1 Å². The number of halogens is 3. The second-order valence-electron chi connectivity index (χ2n) is 8.22. The number of aliphatic hydroxyl groups excluding tert-OH is 2. The number of rotatable bonds is 8. The molecule has 0 atom stereocenters. The van der Waals surface area contributed by atoms with Crippen LogP contribution in [0, 0.1) is 0 Å². The standard InChI is InChI=1S/C25H22F3NO6/c26-25(27,28)35-18-3-1-2-16(11-18)33-17-5-7-20-22(12-17)34-21-10-15(4-6-19(21)23(20)32)8-9-24(29,13-30)14-31/h1-7,10-12,30-31H,8-9,13-14,29H2. The van der Waals surface area contributed by atoms with Crippen molar-refractivity contribution in [3.05, 3.63) is 76.5 Å². The highest BCUT2D eigenvalue weighted by molar-refractivity contribution is 5.90. The number of ether oxygens (including phenoxy) is 2. The van der Waals surface area contributed by atoms with Gasteiger partial charge in [-0.25, -0.2) is 0 Å². The summed E-state index contributed by atoms with van der Waals surface area (Å²) in [5.74, 6) is -0.0709. The van der Waals surface area contributed by atoms with E-state index in [9.17, 15) is 28.2 Å². The Labute approximate surface area is 197 Å². The summed E-state index contributed by atoms with van der Waals surface area (Å²) < 4.78 is 52.9. The molecule has 0 spiro atoms. The first-order valence-electron chi connectivity index (χ1n) is 10.6. The molecule has 0 unspecified atom stereocenters. The molecule has 0 saturated carbocycles. The van der Waals surface area contributed by atoms with Crippen molar-refractivity contribution < 1.29 is 37.3 Å². The number of benzene rings is 3. The fourth-order valence-electron chi connectivity index (χ4n) is 3.57. The molecule has 0 saturated heterocycles. The van der Waals surface area contributed by atoms with E-state index >= 15 is 0 Å². The minimum Gasteiger partial charge on any atom is -0.457 e. The van der Waals surface area contributed by atoms with Gasteiger partial charge in [0.1, 0.15) is 28.4 Å². The summed E-state index contributed by atoms with van der Waals surface area (Å²) in [6.45, 7) is -0.740. The van der Waals surface area contributed by atoms with Crippen molar-refractivity contribution in [1.82, 2.24) is 0 Å². The van der Waals surface area contributed by atoms with Gasteiger partial charge >= 0.3 is 6.36 Å². The van der Waals surface area contributed by atoms with Crippen molar-refractivity contribution in [3.63, 3.8) is 0 Å². The molecule has 4 N–H and O–H groups in total. The number of nitrogens with two attached hydrogens (primary N) is 1. The van der Waals surface area contributed by atoms with Gasteiger partial charge in [-0.3, -0.25) is 4.79 Å². The molecule has 0 bridgehead atoms. The lowest BCUT2D eigenvalue weighted by Crippen LogP contribution is -2.47. The van der Waals surface area contributed by atoms with Gasteiger partial charge in [0.05, 0.1) is 29.5 Å². The third-order valence-corrected chi connectivity index (χ3v) is 5.52. The third-order valence-electron chi connectivity index (χ3n) is 5.52. The number of hydrogen-bond donors (Lipinski definition) is 3. The second-order valence-corrected chi connectivity index (χ2v) is 8.22. The molecule has 0 radical (unpaired) electrons. The van der Waals surface area contributed by atoms with E-state index in [1.165, 1.54) is 30.3 Å². The number of aliphatic hydroxyl groups is 2. The van der Waals surface area contributed by atoms with Crippen LogP contribution in [-0.2, 0) is 6.42 Å². The lowest BCUT2D eigenvalue weighted by atomic mass is 9.93. The summed E-state index contributed by atoms with van der Waals surface area (Å²) in [6.07, 6.45) is -4.07. The Balaban J connectivity index is 1.63. The first-order chi connectivity index (χ1) is 16.6. The molecule has 3 aromatic carbocycles. The number of fused-ring (bicyclic) bond motifs is 2. The van der Waals surface area contributed by atoms with Crippen molar-refractivity contribution in [2.24, 2.45) is 5.73 Å². The van der Waals surface area contributed by atoms with E-state index in [2.05, 4.69) is 4.74 Å². The van der Waals surface area contributed by atoms with Gasteiger partial charge in [-0.2, -0.15) is 0 Å². The van der Waals surface area contributed by atoms with Gasteiger partial charge < -0.3 is 29.8 Å². The third kappa shape index (κ3) is 5.73. The van der Waals surface area contributed by atoms with Crippen molar-refractivity contribution in [3.8, 4) is 17.2 Å². The molecule has 184 valence electrons. The largest absolute Gasteiger partial charge is 0.573 e. The van der Waals surface area contributed by atoms with Crippen molar-refractivity contribution in [1.29, 1.82) is 0 Å². The van der Waals surface area contributed by atoms with Crippen molar-refractivity contribution in [2.75, 3.05) is 13.2 Å². The molecule has 7 nitrogen and oxygen atoms in total. The normalized spacial score (nSPS) is 12.3. The SMILES string of the molecule is NC(CO)(CO)CCc1ccc2c(=O)c3ccc(Oc4cccc(OC(F)(F)F)c4)cc3oc2c1. The van der Waals surface area contributed by atoms with Crippen LogP contribution in [0.1, 0.15) is 12.0 Å². The van der Waals surface area contributed by atoms with Crippen molar-refractivity contribution >= 4 is 21.9 Å². The van der Waals surface area contributed by atoms with Crippen LogP contribution in [0.4, 0.5) is 13.2 Å². The summed E-state index contributed by atoms with van der Waals surface area (Å²) in [4.78, 5) is 12.9. The second kappa shape index (κ2) is 9.57. The number of aryl methyl sites for hydroxylation is 1. The summed E-state index contributed by atoms with van der Waals surface area (Å²) in [6, 6.07) is 14.7. The fraction of sp³-hybridized carbons (Fsp3) is 0.240. The molecule has 0 aliphatic carbocycles. The predicted octanol–water partition coefficient (Wildman–Crippen LogP) is 4.25. The lowest BCUT2D eigenvalue weighted by molar-refractivity contribution is -0.274. The fourth-order valence-corrected chi connectivity index (χ4v) is 3.57. The molecule has 4 rings (SSSR count). The van der Waals surface area contributed by atoms with Crippen LogP contribution in [0.25, 0.3) is 21.9 Å². The van der Waals surface area contributed by atoms with E-state index in [1.807, 2.05) is 0 Å². The van der Waals surface area contributed by atoms with E-state index < -0.39 is 17.7 Å². The summed E-state index contributed by atoms with van der Waals surface area (Å²) in [7, 11) is 0. The molecule has 35 heavy (non-hydrogen) atoms. The highest BCUT2D eigenvalue weighted by Gasteiger charge is 2.31. The van der Waals surface area contributed by atoms with Crippen molar-refractivity contribution in [2.45, 2.75) is 24.7 Å². The van der Waals surface area contributed by atoms with Crippen LogP contribution in [-0.4, -0.2) is 35.3 Å². The average Bonchev–Trinajstić information content (AvgIpc) is 2.81. The first kappa shape index (κ1) is 24.5. The first-order valence-corrected chi connectivity index (χ1v) is 10.6. The molecule has 0 amide bonds. The maximum atomic E-state index is 12.9. The zero-order valence-electron chi connectivity index (χ0n) is 18.3. The van der Waals surface area contributed by atoms with Crippen LogP contribution in [0.2, 0.25) is 0 Å². The summed E-state index contributed by atoms with van der Waals surface area (Å²) >= 11 is 0. The van der Waals surface area contributed by atoms with E-state index in [-0.39, 0.29) is 35.7 Å². The van der Waals surface area contributed by atoms with Crippen LogP contribution in [0.3, 0.4) is 0 Å². The monoisotopic (exact) mass is 489 g/mol. The molecule has 4 aromatic rings. The van der Waals surface area contributed by atoms with Crippen LogP contribution in [0.5, 0.6) is 17.2 Å². The molecule has 0 aliphatic heterocycles. The maximum Gasteiger partial charge on any atom is 0.573 e. The van der Waals surface area contributed by atoms with Gasteiger partial charge in [0.25, 0.3) is 0 Å². The quantitative estimate of drug-likeness (QED) is 0.317. The van der Waals surface area contributed by atoms with Gasteiger partial charge in [-0.1, -0.05) is 12.1 Å². The Morgan fingerprint density at radius 2 is 1.49 bits per heavy atom. The predicted molar refractivity (Wildman–Crippen MR) is 123 cm³/mol. The minimum atomic E-state index is -4.83. The minimum absolute atomic E-state index is 0.106. The zero-order valence-corrected chi connectivity index (χ0v) is 18.3. The van der Waals surface area contributed by atoms with E-state index in [0.717, 1.165) is 17.7 Å². The molecule has 1 aromatic heterocycles. The van der Waals surface area contributed by atoms with E-state index in [1.54, 1.807) is 18.2 Å². The Bertz CT molecular complexity index is 1410. The van der Waals surface area contributed by atoms with Gasteiger partial charge in [0.15, 0.2) is 0 Å². The Hall–Kier alpha value is -3.60.